The standard InChI is InChI=1S/C26H29N5OS/c1-16-21-23(31(2)12-8-19-5-3-4-11-27-19)29-15-30-25(21)33-22(16)24(32)28-14-17-13-18-6-7-20(17)26(18)9-10-26/h3-7,11,15,17-18,20H,8-10,12-14H2,1-2H3,(H,28,32)/t17-,18-,20+/m1/s1. The lowest BCUT2D eigenvalue weighted by atomic mass is 9.89. The third-order valence-electron chi connectivity index (χ3n) is 8.07. The lowest BCUT2D eigenvalue weighted by molar-refractivity contribution is 0.0947. The van der Waals surface area contributed by atoms with Gasteiger partial charge in [0.1, 0.15) is 17.0 Å². The Bertz CT molecular complexity index is 1230. The maximum atomic E-state index is 13.2. The minimum atomic E-state index is 0.0224. The summed E-state index contributed by atoms with van der Waals surface area (Å²) in [6.45, 7) is 3.58. The predicted molar refractivity (Wildman–Crippen MR) is 132 cm³/mol. The van der Waals surface area contributed by atoms with E-state index in [0.717, 1.165) is 57.6 Å². The summed E-state index contributed by atoms with van der Waals surface area (Å²) in [7, 11) is 2.04. The zero-order valence-electron chi connectivity index (χ0n) is 19.1. The number of allylic oxidation sites excluding steroid dienone is 2. The van der Waals surface area contributed by atoms with E-state index >= 15 is 0 Å². The van der Waals surface area contributed by atoms with Gasteiger partial charge in [-0.05, 0) is 67.1 Å². The van der Waals surface area contributed by atoms with Crippen LogP contribution in [0.1, 0.15) is 40.2 Å². The fourth-order valence-electron chi connectivity index (χ4n) is 6.15. The Kier molecular flexibility index (Phi) is 4.98. The lowest BCUT2D eigenvalue weighted by Crippen LogP contribution is -2.31. The summed E-state index contributed by atoms with van der Waals surface area (Å²) < 4.78 is 0. The van der Waals surface area contributed by atoms with Crippen molar-refractivity contribution >= 4 is 33.3 Å². The predicted octanol–water partition coefficient (Wildman–Crippen LogP) is 4.41. The van der Waals surface area contributed by atoms with E-state index in [0.29, 0.717) is 17.3 Å². The van der Waals surface area contributed by atoms with Gasteiger partial charge in [-0.1, -0.05) is 18.2 Å². The molecule has 0 saturated heterocycles. The molecule has 3 aromatic heterocycles. The number of carbonyl (C=O) groups excluding carboxylic acids is 1. The van der Waals surface area contributed by atoms with Crippen LogP contribution in [0.5, 0.6) is 0 Å². The number of rotatable bonds is 7. The third-order valence-corrected chi connectivity index (χ3v) is 9.27. The fraction of sp³-hybridized carbons (Fsp3) is 0.462. The number of aromatic nitrogens is 3. The lowest BCUT2D eigenvalue weighted by Gasteiger charge is -2.20. The summed E-state index contributed by atoms with van der Waals surface area (Å²) >= 11 is 1.47. The summed E-state index contributed by atoms with van der Waals surface area (Å²) in [4.78, 5) is 30.4. The molecule has 3 atom stereocenters. The molecule has 1 spiro atoms. The molecule has 0 aliphatic heterocycles. The van der Waals surface area contributed by atoms with Gasteiger partial charge in [-0.15, -0.1) is 11.3 Å². The van der Waals surface area contributed by atoms with Gasteiger partial charge >= 0.3 is 0 Å². The van der Waals surface area contributed by atoms with Crippen molar-refractivity contribution in [2.75, 3.05) is 25.0 Å². The topological polar surface area (TPSA) is 71.0 Å². The molecule has 0 aromatic carbocycles. The molecule has 7 heteroatoms. The molecule has 3 aromatic rings. The molecule has 1 amide bonds. The molecule has 3 aliphatic rings. The second kappa shape index (κ2) is 7.90. The van der Waals surface area contributed by atoms with Crippen LogP contribution in [0.3, 0.4) is 0 Å². The highest BCUT2D eigenvalue weighted by Crippen LogP contribution is 2.69. The maximum Gasteiger partial charge on any atom is 0.261 e. The molecule has 2 bridgehead atoms. The molecular weight excluding hydrogens is 430 g/mol. The minimum absolute atomic E-state index is 0.0224. The van der Waals surface area contributed by atoms with Gasteiger partial charge < -0.3 is 10.2 Å². The zero-order valence-corrected chi connectivity index (χ0v) is 19.9. The van der Waals surface area contributed by atoms with Crippen molar-refractivity contribution in [3.05, 3.63) is 59.0 Å². The van der Waals surface area contributed by atoms with Gasteiger partial charge in [0.05, 0.1) is 10.3 Å². The normalized spacial score (nSPS) is 24.0. The molecule has 2 fully saturated rings. The van der Waals surface area contributed by atoms with Crippen LogP contribution in [0.25, 0.3) is 10.2 Å². The van der Waals surface area contributed by atoms with Crippen LogP contribution in [0.4, 0.5) is 5.82 Å². The van der Waals surface area contributed by atoms with E-state index in [1.807, 2.05) is 38.4 Å². The van der Waals surface area contributed by atoms with Gasteiger partial charge in [0.15, 0.2) is 0 Å². The first-order valence-electron chi connectivity index (χ1n) is 11.9. The Morgan fingerprint density at radius 1 is 1.24 bits per heavy atom. The first-order valence-corrected chi connectivity index (χ1v) is 12.7. The number of hydrogen-bond acceptors (Lipinski definition) is 6. The number of anilines is 1. The van der Waals surface area contributed by atoms with E-state index in [9.17, 15) is 4.79 Å². The first kappa shape index (κ1) is 20.8. The Morgan fingerprint density at radius 2 is 2.12 bits per heavy atom. The number of aryl methyl sites for hydroxylation is 1. The van der Waals surface area contributed by atoms with Crippen LogP contribution >= 0.6 is 11.3 Å². The number of nitrogens with zero attached hydrogens (tertiary/aromatic N) is 4. The van der Waals surface area contributed by atoms with Crippen LogP contribution < -0.4 is 10.2 Å². The Morgan fingerprint density at radius 3 is 2.88 bits per heavy atom. The Hall–Kier alpha value is -2.80. The second-order valence-electron chi connectivity index (χ2n) is 9.88. The minimum Gasteiger partial charge on any atom is -0.359 e. The fourth-order valence-corrected chi connectivity index (χ4v) is 7.21. The van der Waals surface area contributed by atoms with E-state index in [1.165, 1.54) is 30.6 Å². The summed E-state index contributed by atoms with van der Waals surface area (Å²) in [5, 5.41) is 4.24. The molecule has 33 heavy (non-hydrogen) atoms. The molecule has 3 aliphatic carbocycles. The van der Waals surface area contributed by atoms with Gasteiger partial charge in [0.25, 0.3) is 5.91 Å². The van der Waals surface area contributed by atoms with E-state index in [4.69, 9.17) is 0 Å². The van der Waals surface area contributed by atoms with Gasteiger partial charge in [-0.3, -0.25) is 9.78 Å². The maximum absolute atomic E-state index is 13.2. The Labute approximate surface area is 198 Å². The zero-order chi connectivity index (χ0) is 22.6. The number of amides is 1. The summed E-state index contributed by atoms with van der Waals surface area (Å²) in [6.07, 6.45) is 13.1. The molecule has 0 radical (unpaired) electrons. The largest absolute Gasteiger partial charge is 0.359 e. The molecular formula is C26H29N5OS. The van der Waals surface area contributed by atoms with E-state index in [-0.39, 0.29) is 5.91 Å². The highest BCUT2D eigenvalue weighted by molar-refractivity contribution is 7.20. The molecule has 0 unspecified atom stereocenters. The van der Waals surface area contributed by atoms with Crippen molar-refractivity contribution in [2.24, 2.45) is 23.2 Å². The second-order valence-corrected chi connectivity index (χ2v) is 10.9. The van der Waals surface area contributed by atoms with Crippen LogP contribution in [0.2, 0.25) is 0 Å². The number of pyridine rings is 1. The highest BCUT2D eigenvalue weighted by atomic mass is 32.1. The van der Waals surface area contributed by atoms with Gasteiger partial charge in [0, 0.05) is 38.4 Å². The molecule has 2 saturated carbocycles. The Balaban J connectivity index is 1.17. The number of fused-ring (bicyclic) bond motifs is 1. The van der Waals surface area contributed by atoms with Crippen molar-refractivity contribution < 1.29 is 4.79 Å². The molecule has 6 nitrogen and oxygen atoms in total. The molecule has 1 N–H and O–H groups in total. The monoisotopic (exact) mass is 459 g/mol. The molecule has 170 valence electrons. The van der Waals surface area contributed by atoms with Crippen molar-refractivity contribution in [1.82, 2.24) is 20.3 Å². The number of nitrogens with one attached hydrogen (secondary N) is 1. The average Bonchev–Trinajstić information content (AvgIpc) is 3.39. The van der Waals surface area contributed by atoms with Crippen LogP contribution in [-0.4, -0.2) is 41.0 Å². The van der Waals surface area contributed by atoms with Crippen molar-refractivity contribution in [1.29, 1.82) is 0 Å². The summed E-state index contributed by atoms with van der Waals surface area (Å²) in [6, 6.07) is 5.98. The van der Waals surface area contributed by atoms with Crippen LogP contribution in [0.15, 0.2) is 42.9 Å². The number of likely N-dealkylation sites (N-methyl/N-ethyl adjacent to an activating group) is 1. The quantitative estimate of drug-likeness (QED) is 0.530. The smallest absolute Gasteiger partial charge is 0.261 e. The number of hydrogen-bond donors (Lipinski definition) is 1. The number of carbonyl (C=O) groups is 1. The van der Waals surface area contributed by atoms with E-state index < -0.39 is 0 Å². The van der Waals surface area contributed by atoms with Gasteiger partial charge in [-0.2, -0.15) is 0 Å². The van der Waals surface area contributed by atoms with Crippen molar-refractivity contribution in [3.8, 4) is 0 Å². The van der Waals surface area contributed by atoms with Gasteiger partial charge in [-0.25, -0.2) is 9.97 Å². The van der Waals surface area contributed by atoms with E-state index in [1.54, 1.807) is 6.33 Å². The third kappa shape index (κ3) is 3.44. The highest BCUT2D eigenvalue weighted by Gasteiger charge is 2.62. The SMILES string of the molecule is Cc1c(C(=O)NC[C@H]2C[C@H]3C=C[C@@H]2C32CC2)sc2ncnc(N(C)CCc3ccccn3)c12. The summed E-state index contributed by atoms with van der Waals surface area (Å²) in [5.74, 6) is 2.88. The number of thiophene rings is 1. The van der Waals surface area contributed by atoms with Crippen LogP contribution in [-0.2, 0) is 6.42 Å². The summed E-state index contributed by atoms with van der Waals surface area (Å²) in [5.41, 5.74) is 2.59. The van der Waals surface area contributed by atoms with Gasteiger partial charge in [0.2, 0.25) is 0 Å². The average molecular weight is 460 g/mol. The van der Waals surface area contributed by atoms with Crippen LogP contribution in [0, 0.1) is 30.1 Å². The molecule has 6 rings (SSSR count). The van der Waals surface area contributed by atoms with Crippen molar-refractivity contribution in [3.63, 3.8) is 0 Å². The van der Waals surface area contributed by atoms with Crippen molar-refractivity contribution in [2.45, 2.75) is 32.6 Å². The molecule has 3 heterocycles. The first-order chi connectivity index (χ1) is 16.1. The van der Waals surface area contributed by atoms with E-state index in [2.05, 4.69) is 37.3 Å².